The molecule has 0 radical (unpaired) electrons. The van der Waals surface area contributed by atoms with Gasteiger partial charge < -0.3 is 19.3 Å². The Kier molecular flexibility index (Phi) is 11.9. The molecule has 18 heteroatoms. The number of aromatic hydroxyl groups is 2. The maximum atomic E-state index is 12.3. The number of azo groups is 2. The van der Waals surface area contributed by atoms with Gasteiger partial charge in [-0.2, -0.15) is 0 Å². The average Bonchev–Trinajstić information content (AvgIpc) is 3.43. The van der Waals surface area contributed by atoms with Gasteiger partial charge in [0.25, 0.3) is 11.8 Å². The van der Waals surface area contributed by atoms with Crippen LogP contribution in [0.2, 0.25) is 10.0 Å². The van der Waals surface area contributed by atoms with Crippen molar-refractivity contribution in [3.63, 3.8) is 0 Å². The summed E-state index contributed by atoms with van der Waals surface area (Å²) in [5, 5.41) is 38.2. The van der Waals surface area contributed by atoms with Crippen LogP contribution in [0.4, 0.5) is 11.4 Å². The fraction of sp³-hybridized carbons (Fsp3) is 0.286. The maximum absolute atomic E-state index is 12.3. The highest BCUT2D eigenvalue weighted by molar-refractivity contribution is 6.32. The molecule has 16 nitrogen and oxygen atoms in total. The van der Waals surface area contributed by atoms with E-state index in [1.807, 2.05) is 27.7 Å². The molecule has 0 unspecified atom stereocenters. The molecule has 0 spiro atoms. The van der Waals surface area contributed by atoms with Gasteiger partial charge in [0.2, 0.25) is 23.6 Å². The van der Waals surface area contributed by atoms with Crippen LogP contribution < -0.4 is 22.5 Å². The summed E-state index contributed by atoms with van der Waals surface area (Å²) in [5.41, 5.74) is 5.02. The second-order valence-corrected chi connectivity index (χ2v) is 11.1. The largest absolute Gasteiger partial charge is 0.493 e. The van der Waals surface area contributed by atoms with Crippen molar-refractivity contribution in [3.8, 4) is 11.8 Å². The van der Waals surface area contributed by atoms with Crippen molar-refractivity contribution >= 4 is 80.0 Å². The normalized spacial score (nSPS) is 11.5. The number of nitrogens with one attached hydrogen (secondary N) is 2. The first-order chi connectivity index (χ1) is 21.7. The minimum Gasteiger partial charge on any atom is -0.493 e. The number of aromatic nitrogens is 2. The van der Waals surface area contributed by atoms with E-state index in [0.29, 0.717) is 31.9 Å². The first-order valence-corrected chi connectivity index (χ1v) is 14.4. The molecule has 2 heterocycles. The number of hydrazine groups is 2. The van der Waals surface area contributed by atoms with Crippen LogP contribution in [0.5, 0.6) is 11.8 Å². The molecule has 2 aromatic carbocycles. The highest BCUT2D eigenvalue weighted by atomic mass is 35.5. The molecular formula is C28H32Cl2N10O6. The van der Waals surface area contributed by atoms with Crippen molar-refractivity contribution in [1.29, 1.82) is 0 Å². The lowest BCUT2D eigenvalue weighted by Crippen LogP contribution is -2.37. The van der Waals surface area contributed by atoms with Crippen LogP contribution in [0.25, 0.3) is 21.8 Å². The predicted octanol–water partition coefficient (Wildman–Crippen LogP) is 5.14. The fourth-order valence-electron chi connectivity index (χ4n) is 4.42. The molecule has 0 fully saturated rings. The summed E-state index contributed by atoms with van der Waals surface area (Å²) < 4.78 is 3.27. The van der Waals surface area contributed by atoms with Crippen molar-refractivity contribution < 1.29 is 29.4 Å². The van der Waals surface area contributed by atoms with Crippen LogP contribution in [0, 0.1) is 0 Å². The molecule has 4 amide bonds. The molecule has 46 heavy (non-hydrogen) atoms. The van der Waals surface area contributed by atoms with E-state index in [0.717, 1.165) is 0 Å². The zero-order valence-corrected chi connectivity index (χ0v) is 26.7. The Balaban J connectivity index is 0.000000559. The van der Waals surface area contributed by atoms with Crippen LogP contribution in [0.1, 0.15) is 52.6 Å². The number of hydrogen-bond acceptors (Lipinski definition) is 10. The van der Waals surface area contributed by atoms with Gasteiger partial charge >= 0.3 is 0 Å². The lowest BCUT2D eigenvalue weighted by atomic mass is 10.2. The van der Waals surface area contributed by atoms with Gasteiger partial charge in [-0.05, 0) is 64.1 Å². The molecule has 8 N–H and O–H groups in total. The summed E-state index contributed by atoms with van der Waals surface area (Å²) in [5.74, 6) is 6.05. The Hall–Kier alpha value is -4.90. The van der Waals surface area contributed by atoms with E-state index >= 15 is 0 Å². The molecule has 244 valence electrons. The summed E-state index contributed by atoms with van der Waals surface area (Å²) in [7, 11) is 0. The number of nitrogens with zero attached hydrogens (tertiary/aromatic N) is 6. The van der Waals surface area contributed by atoms with Crippen LogP contribution >= 0.6 is 23.2 Å². The van der Waals surface area contributed by atoms with Gasteiger partial charge in [0.05, 0.1) is 11.0 Å². The molecule has 4 rings (SSSR count). The second-order valence-electron chi connectivity index (χ2n) is 10.3. The molecule has 0 aliphatic carbocycles. The number of fused-ring (bicyclic) bond motifs is 2. The molecule has 2 aromatic heterocycles. The minimum absolute atomic E-state index is 0.0666. The number of carbonyl (C=O) groups excluding carboxylic acids is 4. The number of amides is 4. The van der Waals surface area contributed by atoms with E-state index in [1.165, 1.54) is 0 Å². The summed E-state index contributed by atoms with van der Waals surface area (Å²) in [6.07, 6.45) is -1.05. The molecule has 4 aromatic rings. The number of halogens is 2. The third-order valence-electron chi connectivity index (χ3n) is 6.33. The van der Waals surface area contributed by atoms with Gasteiger partial charge in [-0.25, -0.2) is 11.7 Å². The van der Waals surface area contributed by atoms with Crippen molar-refractivity contribution in [1.82, 2.24) is 20.0 Å². The van der Waals surface area contributed by atoms with Crippen molar-refractivity contribution in [2.45, 2.75) is 52.6 Å². The van der Waals surface area contributed by atoms with Crippen LogP contribution in [0.15, 0.2) is 56.9 Å². The molecule has 0 aliphatic heterocycles. The smallest absolute Gasteiger partial charge is 0.274 e. The van der Waals surface area contributed by atoms with E-state index in [2.05, 4.69) is 32.1 Å². The quantitative estimate of drug-likeness (QED) is 0.0479. The van der Waals surface area contributed by atoms with Crippen molar-refractivity contribution in [2.24, 2.45) is 32.1 Å². The van der Waals surface area contributed by atoms with Crippen molar-refractivity contribution in [2.75, 3.05) is 0 Å². The summed E-state index contributed by atoms with van der Waals surface area (Å²) in [6.45, 7) is 7.53. The maximum Gasteiger partial charge on any atom is 0.274 e. The SMILES string of the molecule is CC(C)n1c(O)c(N=NC(=O)CC(=O)N=Nc2c(O)n(C(C)C)c3ccc(Cl)cc23)c2cc(Cl)ccc21.NNC(=O)CC(=O)NN. The highest BCUT2D eigenvalue weighted by Gasteiger charge is 2.21. The minimum atomic E-state index is -0.882. The van der Waals surface area contributed by atoms with Gasteiger partial charge in [-0.15, -0.1) is 20.5 Å². The number of carbonyl (C=O) groups is 4. The predicted molar refractivity (Wildman–Crippen MR) is 171 cm³/mol. The first kappa shape index (κ1) is 35.6. The molecule has 0 saturated heterocycles. The van der Waals surface area contributed by atoms with Gasteiger partial charge in [0.15, 0.2) is 11.4 Å². The molecular weight excluding hydrogens is 643 g/mol. The van der Waals surface area contributed by atoms with Gasteiger partial charge in [-0.1, -0.05) is 23.2 Å². The molecule has 0 bridgehead atoms. The Morgan fingerprint density at radius 3 is 1.41 bits per heavy atom. The van der Waals surface area contributed by atoms with E-state index < -0.39 is 30.0 Å². The highest BCUT2D eigenvalue weighted by Crippen LogP contribution is 2.43. The number of hydrogen-bond donors (Lipinski definition) is 6. The van der Waals surface area contributed by atoms with E-state index in [4.69, 9.17) is 23.2 Å². The summed E-state index contributed by atoms with van der Waals surface area (Å²) in [6, 6.07) is 9.86. The Morgan fingerprint density at radius 2 is 1.09 bits per heavy atom. The first-order valence-electron chi connectivity index (χ1n) is 13.6. The lowest BCUT2D eigenvalue weighted by Gasteiger charge is -2.10. The third-order valence-corrected chi connectivity index (χ3v) is 6.80. The van der Waals surface area contributed by atoms with Gasteiger partial charge in [0.1, 0.15) is 12.8 Å². The third kappa shape index (κ3) is 8.22. The zero-order valence-electron chi connectivity index (χ0n) is 25.2. The molecule has 0 atom stereocenters. The lowest BCUT2D eigenvalue weighted by molar-refractivity contribution is -0.130. The Morgan fingerprint density at radius 1 is 0.717 bits per heavy atom. The summed E-state index contributed by atoms with van der Waals surface area (Å²) in [4.78, 5) is 45.1. The molecule has 0 saturated carbocycles. The second kappa shape index (κ2) is 15.4. The number of nitrogens with two attached hydrogens (primary N) is 2. The zero-order chi connectivity index (χ0) is 34.3. The van der Waals surface area contributed by atoms with Gasteiger partial charge in [-0.3, -0.25) is 30.0 Å². The van der Waals surface area contributed by atoms with Gasteiger partial charge in [0, 0.05) is 32.9 Å². The Labute approximate surface area is 272 Å². The van der Waals surface area contributed by atoms with Crippen LogP contribution in [-0.2, 0) is 19.2 Å². The Bertz CT molecular complexity index is 1730. The monoisotopic (exact) mass is 674 g/mol. The van der Waals surface area contributed by atoms with E-state index in [9.17, 15) is 29.4 Å². The number of rotatable bonds is 8. The van der Waals surface area contributed by atoms with E-state index in [1.54, 1.807) is 56.4 Å². The van der Waals surface area contributed by atoms with Crippen LogP contribution in [-0.4, -0.2) is 43.0 Å². The topological polar surface area (TPSA) is 244 Å². The van der Waals surface area contributed by atoms with Crippen LogP contribution in [0.3, 0.4) is 0 Å². The average molecular weight is 676 g/mol. The molecule has 0 aliphatic rings. The van der Waals surface area contributed by atoms with Crippen molar-refractivity contribution in [3.05, 3.63) is 46.4 Å². The number of benzene rings is 2. The summed E-state index contributed by atoms with van der Waals surface area (Å²) >= 11 is 12.2. The standard InChI is InChI=1S/C25H24Cl2N6O4.C3H8N4O2/c1-12(2)32-18-7-5-14(26)9-16(18)22(24(32)36)30-28-20(34)11-21(35)29-31-23-17-10-15(27)6-8-19(17)33(13(3)4)25(23)37;4-6-2(8)1-3(9)7-5/h5-10,12-13,36-37H,11H2,1-4H3;1,4-5H2,(H,6,8)(H,7,9). The van der Waals surface area contributed by atoms with E-state index in [-0.39, 0.29) is 41.6 Å². The fourth-order valence-corrected chi connectivity index (χ4v) is 4.76.